The van der Waals surface area contributed by atoms with Crippen molar-refractivity contribution in [1.29, 1.82) is 0 Å². The van der Waals surface area contributed by atoms with E-state index in [1.165, 1.54) is 37.8 Å². The summed E-state index contributed by atoms with van der Waals surface area (Å²) >= 11 is 6.02. The summed E-state index contributed by atoms with van der Waals surface area (Å²) < 4.78 is 15.5. The highest BCUT2D eigenvalue weighted by Crippen LogP contribution is 2.36. The van der Waals surface area contributed by atoms with Crippen molar-refractivity contribution in [2.75, 3.05) is 0 Å². The van der Waals surface area contributed by atoms with E-state index in [0.29, 0.717) is 23.4 Å². The van der Waals surface area contributed by atoms with Gasteiger partial charge in [0.15, 0.2) is 0 Å². The van der Waals surface area contributed by atoms with E-state index in [1.54, 1.807) is 0 Å². The molecule has 0 radical (unpaired) electrons. The van der Waals surface area contributed by atoms with Gasteiger partial charge in [-0.1, -0.05) is 12.8 Å². The smallest absolute Gasteiger partial charge is 0.125 e. The van der Waals surface area contributed by atoms with Gasteiger partial charge in [-0.2, -0.15) is 0 Å². The Morgan fingerprint density at radius 1 is 1.42 bits per heavy atom. The van der Waals surface area contributed by atoms with E-state index in [0.717, 1.165) is 11.3 Å². The summed E-state index contributed by atoms with van der Waals surface area (Å²) in [6, 6.07) is 5.19. The first-order valence-corrected chi connectivity index (χ1v) is 7.46. The summed E-state index contributed by atoms with van der Waals surface area (Å²) in [5, 5.41) is 0. The molecule has 2 aromatic rings. The standard InChI is InChI=1S/C15H18ClFN2/c1-10(11-4-2-3-5-11)19-14-7-6-12(17)8-13(14)18-15(19)9-16/h6-8,10-11H,2-5,9H2,1H3. The second kappa shape index (κ2) is 5.12. The second-order valence-electron chi connectivity index (χ2n) is 5.45. The number of nitrogens with zero attached hydrogens (tertiary/aromatic N) is 2. The number of halogens is 2. The van der Waals surface area contributed by atoms with Crippen LogP contribution >= 0.6 is 11.6 Å². The molecule has 1 heterocycles. The molecule has 0 aliphatic heterocycles. The van der Waals surface area contributed by atoms with Crippen molar-refractivity contribution in [1.82, 2.24) is 9.55 Å². The van der Waals surface area contributed by atoms with Gasteiger partial charge in [-0.25, -0.2) is 9.37 Å². The quantitative estimate of drug-likeness (QED) is 0.747. The van der Waals surface area contributed by atoms with Crippen LogP contribution in [0.3, 0.4) is 0 Å². The molecule has 1 aliphatic rings. The second-order valence-corrected chi connectivity index (χ2v) is 5.72. The SMILES string of the molecule is CC(C1CCCC1)n1c(CCl)nc2cc(F)ccc21. The van der Waals surface area contributed by atoms with E-state index in [1.807, 2.05) is 6.07 Å². The molecule has 3 rings (SSSR count). The lowest BCUT2D eigenvalue weighted by Gasteiger charge is -2.23. The lowest BCUT2D eigenvalue weighted by molar-refractivity contribution is 0.362. The van der Waals surface area contributed by atoms with Crippen molar-refractivity contribution in [3.05, 3.63) is 29.8 Å². The Hall–Kier alpha value is -1.09. The van der Waals surface area contributed by atoms with E-state index in [-0.39, 0.29) is 5.82 Å². The number of rotatable bonds is 3. The Bertz CT molecular complexity index is 587. The normalized spacial score (nSPS) is 18.3. The van der Waals surface area contributed by atoms with Crippen LogP contribution in [0.25, 0.3) is 11.0 Å². The fraction of sp³-hybridized carbons (Fsp3) is 0.533. The Labute approximate surface area is 117 Å². The van der Waals surface area contributed by atoms with Crippen LogP contribution in [0.4, 0.5) is 4.39 Å². The number of hydrogen-bond acceptors (Lipinski definition) is 1. The van der Waals surface area contributed by atoms with Gasteiger partial charge in [0.25, 0.3) is 0 Å². The van der Waals surface area contributed by atoms with Gasteiger partial charge in [-0.15, -0.1) is 11.6 Å². The van der Waals surface area contributed by atoms with E-state index < -0.39 is 0 Å². The van der Waals surface area contributed by atoms with E-state index in [9.17, 15) is 4.39 Å². The van der Waals surface area contributed by atoms with Crippen LogP contribution in [0.15, 0.2) is 18.2 Å². The molecule has 0 saturated heterocycles. The highest BCUT2D eigenvalue weighted by Gasteiger charge is 2.25. The minimum atomic E-state index is -0.244. The fourth-order valence-corrected chi connectivity index (χ4v) is 3.51. The van der Waals surface area contributed by atoms with E-state index in [2.05, 4.69) is 16.5 Å². The van der Waals surface area contributed by atoms with Crippen LogP contribution < -0.4 is 0 Å². The van der Waals surface area contributed by atoms with Crippen LogP contribution in [0.5, 0.6) is 0 Å². The molecule has 0 bridgehead atoms. The van der Waals surface area contributed by atoms with Crippen LogP contribution in [-0.4, -0.2) is 9.55 Å². The minimum absolute atomic E-state index is 0.244. The lowest BCUT2D eigenvalue weighted by atomic mass is 9.99. The van der Waals surface area contributed by atoms with Crippen LogP contribution in [0, 0.1) is 11.7 Å². The molecule has 2 nitrogen and oxygen atoms in total. The lowest BCUT2D eigenvalue weighted by Crippen LogP contribution is -2.16. The van der Waals surface area contributed by atoms with E-state index >= 15 is 0 Å². The molecule has 0 spiro atoms. The summed E-state index contributed by atoms with van der Waals surface area (Å²) in [7, 11) is 0. The molecule has 1 aromatic carbocycles. The molecule has 1 fully saturated rings. The largest absolute Gasteiger partial charge is 0.324 e. The number of imidazole rings is 1. The number of hydrogen-bond donors (Lipinski definition) is 0. The summed E-state index contributed by atoms with van der Waals surface area (Å²) in [6.07, 6.45) is 5.16. The van der Waals surface area contributed by atoms with Crippen molar-refractivity contribution in [2.24, 2.45) is 5.92 Å². The minimum Gasteiger partial charge on any atom is -0.324 e. The predicted octanol–water partition coefficient (Wildman–Crippen LogP) is 4.67. The zero-order valence-corrected chi connectivity index (χ0v) is 11.8. The number of benzene rings is 1. The highest BCUT2D eigenvalue weighted by atomic mass is 35.5. The van der Waals surface area contributed by atoms with Gasteiger partial charge in [-0.3, -0.25) is 0 Å². The summed E-state index contributed by atoms with van der Waals surface area (Å²) in [5.41, 5.74) is 1.71. The molecule has 4 heteroatoms. The Morgan fingerprint density at radius 2 is 2.16 bits per heavy atom. The summed E-state index contributed by atoms with van der Waals surface area (Å²) in [4.78, 5) is 4.48. The van der Waals surface area contributed by atoms with Crippen molar-refractivity contribution in [3.63, 3.8) is 0 Å². The van der Waals surface area contributed by atoms with E-state index in [4.69, 9.17) is 11.6 Å². The zero-order valence-electron chi connectivity index (χ0n) is 11.1. The van der Waals surface area contributed by atoms with Gasteiger partial charge in [0.1, 0.15) is 11.6 Å². The number of fused-ring (bicyclic) bond motifs is 1. The molecule has 1 aliphatic carbocycles. The first-order chi connectivity index (χ1) is 9.20. The Morgan fingerprint density at radius 3 is 2.84 bits per heavy atom. The average Bonchev–Trinajstić information content (AvgIpc) is 3.04. The molecule has 19 heavy (non-hydrogen) atoms. The van der Waals surface area contributed by atoms with Crippen molar-refractivity contribution < 1.29 is 4.39 Å². The zero-order chi connectivity index (χ0) is 13.4. The molecule has 0 N–H and O–H groups in total. The van der Waals surface area contributed by atoms with Gasteiger partial charge < -0.3 is 4.57 Å². The Kier molecular flexibility index (Phi) is 3.48. The molecule has 1 unspecified atom stereocenters. The summed E-state index contributed by atoms with van der Waals surface area (Å²) in [5.74, 6) is 1.66. The molecular weight excluding hydrogens is 263 g/mol. The predicted molar refractivity (Wildman–Crippen MR) is 75.9 cm³/mol. The third-order valence-electron chi connectivity index (χ3n) is 4.33. The first-order valence-electron chi connectivity index (χ1n) is 6.93. The molecule has 0 amide bonds. The maximum Gasteiger partial charge on any atom is 0.125 e. The molecular formula is C15H18ClFN2. The van der Waals surface area contributed by atoms with Gasteiger partial charge in [0.2, 0.25) is 0 Å². The average molecular weight is 281 g/mol. The van der Waals surface area contributed by atoms with Crippen LogP contribution in [0.2, 0.25) is 0 Å². The maximum atomic E-state index is 13.3. The maximum absolute atomic E-state index is 13.3. The Balaban J connectivity index is 2.09. The number of alkyl halides is 1. The van der Waals surface area contributed by atoms with Gasteiger partial charge in [0, 0.05) is 12.1 Å². The van der Waals surface area contributed by atoms with Crippen molar-refractivity contribution >= 4 is 22.6 Å². The fourth-order valence-electron chi connectivity index (χ4n) is 3.32. The molecule has 1 atom stereocenters. The van der Waals surface area contributed by atoms with Crippen LogP contribution in [0.1, 0.15) is 44.5 Å². The van der Waals surface area contributed by atoms with Gasteiger partial charge in [0.05, 0.1) is 16.9 Å². The highest BCUT2D eigenvalue weighted by molar-refractivity contribution is 6.16. The molecule has 1 saturated carbocycles. The first kappa shape index (κ1) is 12.9. The molecule has 102 valence electrons. The summed E-state index contributed by atoms with van der Waals surface area (Å²) in [6.45, 7) is 2.23. The third kappa shape index (κ3) is 2.25. The third-order valence-corrected chi connectivity index (χ3v) is 4.57. The monoisotopic (exact) mass is 280 g/mol. The number of aromatic nitrogens is 2. The molecule has 1 aromatic heterocycles. The van der Waals surface area contributed by atoms with Crippen LogP contribution in [-0.2, 0) is 5.88 Å². The topological polar surface area (TPSA) is 17.8 Å². The van der Waals surface area contributed by atoms with Crippen molar-refractivity contribution in [2.45, 2.75) is 44.5 Å². The van der Waals surface area contributed by atoms with Crippen molar-refractivity contribution in [3.8, 4) is 0 Å². The van der Waals surface area contributed by atoms with Gasteiger partial charge in [-0.05, 0) is 37.8 Å². The van der Waals surface area contributed by atoms with Gasteiger partial charge >= 0.3 is 0 Å².